The van der Waals surface area contributed by atoms with Crippen LogP contribution in [-0.4, -0.2) is 10.7 Å². The summed E-state index contributed by atoms with van der Waals surface area (Å²) in [5.74, 6) is 0.997. The predicted octanol–water partition coefficient (Wildman–Crippen LogP) is 4.44. The van der Waals surface area contributed by atoms with Gasteiger partial charge in [0.15, 0.2) is 0 Å². The van der Waals surface area contributed by atoms with Crippen LogP contribution in [0.25, 0.3) is 0 Å². The van der Waals surface area contributed by atoms with Crippen molar-refractivity contribution >= 4 is 17.4 Å². The highest BCUT2D eigenvalue weighted by Crippen LogP contribution is 2.35. The highest BCUT2D eigenvalue weighted by Gasteiger charge is 2.15. The van der Waals surface area contributed by atoms with Gasteiger partial charge in [0.2, 0.25) is 0 Å². The summed E-state index contributed by atoms with van der Waals surface area (Å²) in [4.78, 5) is 10.3. The molecule has 2 aromatic rings. The molecule has 0 aliphatic heterocycles. The van der Waals surface area contributed by atoms with Crippen LogP contribution < -0.4 is 0 Å². The molecule has 0 heterocycles. The third kappa shape index (κ3) is 3.35. The van der Waals surface area contributed by atoms with Crippen LogP contribution in [-0.2, 0) is 0 Å². The molecule has 0 aliphatic rings. The SMILES string of the molecule is CCSC(c1ccccc1)c1ccc([N+](=O)[O-])cc1. The molecule has 0 bridgehead atoms. The van der Waals surface area contributed by atoms with E-state index in [2.05, 4.69) is 19.1 Å². The van der Waals surface area contributed by atoms with Crippen LogP contribution in [0, 0.1) is 10.1 Å². The lowest BCUT2D eigenvalue weighted by molar-refractivity contribution is -0.384. The smallest absolute Gasteiger partial charge is 0.258 e. The van der Waals surface area contributed by atoms with Crippen molar-refractivity contribution in [1.82, 2.24) is 0 Å². The summed E-state index contributed by atoms with van der Waals surface area (Å²) in [5, 5.41) is 10.9. The maximum absolute atomic E-state index is 10.7. The average molecular weight is 273 g/mol. The molecule has 0 fully saturated rings. The number of nitro benzene ring substituents is 1. The Bertz CT molecular complexity index is 540. The minimum Gasteiger partial charge on any atom is -0.258 e. The van der Waals surface area contributed by atoms with Crippen molar-refractivity contribution < 1.29 is 4.92 Å². The van der Waals surface area contributed by atoms with Crippen molar-refractivity contribution in [3.8, 4) is 0 Å². The van der Waals surface area contributed by atoms with Crippen LogP contribution in [0.15, 0.2) is 54.6 Å². The van der Waals surface area contributed by atoms with Gasteiger partial charge in [0, 0.05) is 12.1 Å². The molecule has 0 aliphatic carbocycles. The molecular formula is C15H15NO2S. The lowest BCUT2D eigenvalue weighted by Crippen LogP contribution is -1.98. The average Bonchev–Trinajstić information content (AvgIpc) is 2.46. The monoisotopic (exact) mass is 273 g/mol. The first-order valence-corrected chi connectivity index (χ1v) is 7.18. The highest BCUT2D eigenvalue weighted by molar-refractivity contribution is 7.99. The standard InChI is InChI=1S/C15H15NO2S/c1-2-19-15(12-6-4-3-5-7-12)13-8-10-14(11-9-13)16(17)18/h3-11,15H,2H2,1H3. The van der Waals surface area contributed by atoms with Gasteiger partial charge in [-0.1, -0.05) is 49.4 Å². The first-order valence-electron chi connectivity index (χ1n) is 6.13. The summed E-state index contributed by atoms with van der Waals surface area (Å²) in [6.45, 7) is 2.12. The van der Waals surface area contributed by atoms with E-state index in [4.69, 9.17) is 0 Å². The molecule has 98 valence electrons. The summed E-state index contributed by atoms with van der Waals surface area (Å²) < 4.78 is 0. The largest absolute Gasteiger partial charge is 0.269 e. The highest BCUT2D eigenvalue weighted by atomic mass is 32.2. The summed E-state index contributed by atoms with van der Waals surface area (Å²) in [6, 6.07) is 17.0. The van der Waals surface area contributed by atoms with Crippen LogP contribution in [0.3, 0.4) is 0 Å². The normalized spacial score (nSPS) is 12.1. The number of hydrogen-bond donors (Lipinski definition) is 0. The first kappa shape index (κ1) is 13.6. The minimum absolute atomic E-state index is 0.136. The van der Waals surface area contributed by atoms with Gasteiger partial charge < -0.3 is 0 Å². The second-order valence-electron chi connectivity index (χ2n) is 4.09. The predicted molar refractivity (Wildman–Crippen MR) is 79.5 cm³/mol. The van der Waals surface area contributed by atoms with Crippen LogP contribution in [0.4, 0.5) is 5.69 Å². The third-order valence-electron chi connectivity index (χ3n) is 2.84. The number of nitrogens with zero attached hydrogens (tertiary/aromatic N) is 1. The maximum Gasteiger partial charge on any atom is 0.269 e. The maximum atomic E-state index is 10.7. The van der Waals surface area contributed by atoms with Crippen molar-refractivity contribution in [2.24, 2.45) is 0 Å². The van der Waals surface area contributed by atoms with Crippen molar-refractivity contribution in [3.05, 3.63) is 75.8 Å². The molecule has 0 saturated carbocycles. The van der Waals surface area contributed by atoms with Crippen molar-refractivity contribution in [1.29, 1.82) is 0 Å². The fraction of sp³-hybridized carbons (Fsp3) is 0.200. The van der Waals surface area contributed by atoms with E-state index in [1.54, 1.807) is 12.1 Å². The Morgan fingerprint density at radius 1 is 1.05 bits per heavy atom. The van der Waals surface area contributed by atoms with Gasteiger partial charge in [-0.25, -0.2) is 0 Å². The van der Waals surface area contributed by atoms with Crippen molar-refractivity contribution in [2.45, 2.75) is 12.2 Å². The Morgan fingerprint density at radius 3 is 2.16 bits per heavy atom. The minimum atomic E-state index is -0.367. The Hall–Kier alpha value is -1.81. The number of rotatable bonds is 5. The van der Waals surface area contributed by atoms with Gasteiger partial charge >= 0.3 is 0 Å². The van der Waals surface area contributed by atoms with Gasteiger partial charge in [-0.2, -0.15) is 0 Å². The summed E-state index contributed by atoms with van der Waals surface area (Å²) in [5.41, 5.74) is 2.46. The van der Waals surface area contributed by atoms with Gasteiger partial charge in [-0.05, 0) is 16.9 Å². The molecule has 3 nitrogen and oxygen atoms in total. The second-order valence-corrected chi connectivity index (χ2v) is 5.48. The van der Waals surface area contributed by atoms with Gasteiger partial charge in [-0.3, -0.25) is 10.1 Å². The Kier molecular flexibility index (Phi) is 4.58. The van der Waals surface area contributed by atoms with Crippen molar-refractivity contribution in [3.63, 3.8) is 0 Å². The van der Waals surface area contributed by atoms with Gasteiger partial charge in [0.05, 0.1) is 10.2 Å². The van der Waals surface area contributed by atoms with Crippen LogP contribution >= 0.6 is 11.8 Å². The fourth-order valence-electron chi connectivity index (χ4n) is 1.95. The fourth-order valence-corrected chi connectivity index (χ4v) is 2.98. The van der Waals surface area contributed by atoms with E-state index in [0.29, 0.717) is 0 Å². The molecule has 2 rings (SSSR count). The molecule has 1 atom stereocenters. The molecule has 2 aromatic carbocycles. The van der Waals surface area contributed by atoms with Gasteiger partial charge in [0.1, 0.15) is 0 Å². The van der Waals surface area contributed by atoms with Crippen LogP contribution in [0.1, 0.15) is 23.3 Å². The Balaban J connectivity index is 2.31. The molecule has 0 aromatic heterocycles. The van der Waals surface area contributed by atoms with Crippen LogP contribution in [0.5, 0.6) is 0 Å². The van der Waals surface area contributed by atoms with Crippen LogP contribution in [0.2, 0.25) is 0 Å². The van der Waals surface area contributed by atoms with Crippen molar-refractivity contribution in [2.75, 3.05) is 5.75 Å². The Morgan fingerprint density at radius 2 is 1.63 bits per heavy atom. The topological polar surface area (TPSA) is 43.1 Å². The molecule has 0 radical (unpaired) electrons. The molecular weight excluding hydrogens is 258 g/mol. The Labute approximate surface area is 116 Å². The molecule has 0 saturated heterocycles. The number of hydrogen-bond acceptors (Lipinski definition) is 3. The number of benzene rings is 2. The van der Waals surface area contributed by atoms with E-state index in [1.165, 1.54) is 5.56 Å². The second kappa shape index (κ2) is 6.38. The van der Waals surface area contributed by atoms with Gasteiger partial charge in [0.25, 0.3) is 5.69 Å². The molecule has 1 unspecified atom stereocenters. The lowest BCUT2D eigenvalue weighted by Gasteiger charge is -2.16. The van der Waals surface area contributed by atoms with E-state index in [-0.39, 0.29) is 15.9 Å². The zero-order valence-electron chi connectivity index (χ0n) is 10.7. The zero-order chi connectivity index (χ0) is 13.7. The summed E-state index contributed by atoms with van der Waals surface area (Å²) >= 11 is 1.83. The molecule has 0 amide bonds. The quantitative estimate of drug-likeness (QED) is 0.597. The van der Waals surface area contributed by atoms with E-state index in [0.717, 1.165) is 11.3 Å². The van der Waals surface area contributed by atoms with E-state index >= 15 is 0 Å². The molecule has 4 heteroatoms. The van der Waals surface area contributed by atoms with Gasteiger partial charge in [-0.15, -0.1) is 11.8 Å². The summed E-state index contributed by atoms with van der Waals surface area (Å²) in [7, 11) is 0. The van der Waals surface area contributed by atoms with E-state index in [1.807, 2.05) is 42.1 Å². The number of non-ortho nitro benzene ring substituents is 1. The number of nitro groups is 1. The van der Waals surface area contributed by atoms with E-state index in [9.17, 15) is 10.1 Å². The lowest BCUT2D eigenvalue weighted by atomic mass is 10.0. The third-order valence-corrected chi connectivity index (χ3v) is 4.05. The number of thioether (sulfide) groups is 1. The first-order chi connectivity index (χ1) is 9.22. The molecule has 19 heavy (non-hydrogen) atoms. The van der Waals surface area contributed by atoms with E-state index < -0.39 is 0 Å². The molecule has 0 N–H and O–H groups in total. The molecule has 0 spiro atoms. The summed E-state index contributed by atoms with van der Waals surface area (Å²) in [6.07, 6.45) is 0. The zero-order valence-corrected chi connectivity index (χ0v) is 11.5.